The molecule has 0 spiro atoms. The summed E-state index contributed by atoms with van der Waals surface area (Å²) >= 11 is 12.9. The predicted octanol–water partition coefficient (Wildman–Crippen LogP) is 3.22. The number of carbonyl (C=O) groups is 1. The number of primary amides is 1. The molecule has 0 atom stereocenters. The van der Waals surface area contributed by atoms with Crippen molar-refractivity contribution in [1.29, 1.82) is 0 Å². The van der Waals surface area contributed by atoms with Crippen LogP contribution in [0.2, 0.25) is 10.0 Å². The van der Waals surface area contributed by atoms with E-state index in [0.29, 0.717) is 15.7 Å². The predicted molar refractivity (Wildman–Crippen MR) is 66.1 cm³/mol. The highest BCUT2D eigenvalue weighted by Crippen LogP contribution is 2.29. The fourth-order valence-corrected chi connectivity index (χ4v) is 2.15. The summed E-state index contributed by atoms with van der Waals surface area (Å²) in [5, 5.41) is 2.96. The third-order valence-electron chi connectivity index (χ3n) is 1.93. The summed E-state index contributed by atoms with van der Waals surface area (Å²) in [4.78, 5) is 15.0. The van der Waals surface area contributed by atoms with Crippen molar-refractivity contribution >= 4 is 40.4 Å². The van der Waals surface area contributed by atoms with E-state index in [2.05, 4.69) is 4.98 Å². The van der Waals surface area contributed by atoms with Crippen LogP contribution in [0.15, 0.2) is 23.6 Å². The van der Waals surface area contributed by atoms with Crippen molar-refractivity contribution in [3.63, 3.8) is 0 Å². The fraction of sp³-hybridized carbons (Fsp3) is 0. The third kappa shape index (κ3) is 2.19. The molecule has 1 amide bonds. The van der Waals surface area contributed by atoms with Crippen LogP contribution in [0.25, 0.3) is 11.3 Å². The van der Waals surface area contributed by atoms with Crippen LogP contribution in [-0.4, -0.2) is 10.9 Å². The van der Waals surface area contributed by atoms with E-state index < -0.39 is 5.91 Å². The first-order chi connectivity index (χ1) is 7.58. The van der Waals surface area contributed by atoms with E-state index in [1.165, 1.54) is 11.3 Å². The highest BCUT2D eigenvalue weighted by atomic mass is 35.5. The van der Waals surface area contributed by atoms with Gasteiger partial charge in [0.15, 0.2) is 5.01 Å². The summed E-state index contributed by atoms with van der Waals surface area (Å²) in [5.74, 6) is -0.531. The minimum absolute atomic E-state index is 0.279. The molecule has 1 aromatic heterocycles. The normalized spacial score (nSPS) is 10.4. The van der Waals surface area contributed by atoms with Gasteiger partial charge in [0, 0.05) is 10.9 Å². The van der Waals surface area contributed by atoms with Gasteiger partial charge in [-0.15, -0.1) is 11.3 Å². The first-order valence-electron chi connectivity index (χ1n) is 4.28. The number of amides is 1. The summed E-state index contributed by atoms with van der Waals surface area (Å²) in [6, 6.07) is 5.17. The summed E-state index contributed by atoms with van der Waals surface area (Å²) in [7, 11) is 0. The van der Waals surface area contributed by atoms with Crippen molar-refractivity contribution in [2.45, 2.75) is 0 Å². The monoisotopic (exact) mass is 272 g/mol. The van der Waals surface area contributed by atoms with Crippen molar-refractivity contribution in [3.8, 4) is 11.3 Å². The summed E-state index contributed by atoms with van der Waals surface area (Å²) in [6.45, 7) is 0. The Kier molecular flexibility index (Phi) is 3.14. The van der Waals surface area contributed by atoms with E-state index in [1.807, 2.05) is 0 Å². The second-order valence-electron chi connectivity index (χ2n) is 3.03. The molecule has 0 aliphatic carbocycles. The molecule has 0 aliphatic rings. The fourth-order valence-electron chi connectivity index (χ4n) is 1.17. The summed E-state index contributed by atoms with van der Waals surface area (Å²) < 4.78 is 0. The molecular formula is C10H6Cl2N2OS. The van der Waals surface area contributed by atoms with Gasteiger partial charge >= 0.3 is 0 Å². The number of aromatic nitrogens is 1. The zero-order chi connectivity index (χ0) is 11.7. The van der Waals surface area contributed by atoms with Crippen LogP contribution < -0.4 is 5.73 Å². The van der Waals surface area contributed by atoms with Gasteiger partial charge in [-0.2, -0.15) is 0 Å². The first kappa shape index (κ1) is 11.4. The lowest BCUT2D eigenvalue weighted by molar-refractivity contribution is 0.1000. The number of hydrogen-bond acceptors (Lipinski definition) is 3. The SMILES string of the molecule is NC(=O)c1nc(-c2ccc(Cl)c(Cl)c2)cs1. The Hall–Kier alpha value is -1.10. The van der Waals surface area contributed by atoms with E-state index in [0.717, 1.165) is 5.56 Å². The van der Waals surface area contributed by atoms with Crippen LogP contribution in [0.4, 0.5) is 0 Å². The maximum atomic E-state index is 10.9. The van der Waals surface area contributed by atoms with Crippen LogP contribution in [0, 0.1) is 0 Å². The minimum atomic E-state index is -0.531. The number of hydrogen-bond donors (Lipinski definition) is 1. The number of carbonyl (C=O) groups excluding carboxylic acids is 1. The van der Waals surface area contributed by atoms with Gasteiger partial charge in [0.2, 0.25) is 0 Å². The molecule has 0 aliphatic heterocycles. The molecule has 2 rings (SSSR count). The van der Waals surface area contributed by atoms with Gasteiger partial charge in [-0.05, 0) is 12.1 Å². The molecule has 0 radical (unpaired) electrons. The van der Waals surface area contributed by atoms with Crippen molar-refractivity contribution in [2.75, 3.05) is 0 Å². The summed E-state index contributed by atoms with van der Waals surface area (Å²) in [5.41, 5.74) is 6.59. The molecule has 0 saturated heterocycles. The standard InChI is InChI=1S/C10H6Cl2N2OS/c11-6-2-1-5(3-7(6)12)8-4-16-10(14-8)9(13)15/h1-4H,(H2,13,15). The largest absolute Gasteiger partial charge is 0.364 e. The molecule has 16 heavy (non-hydrogen) atoms. The van der Waals surface area contributed by atoms with Crippen molar-refractivity contribution in [1.82, 2.24) is 4.98 Å². The number of halogens is 2. The average molecular weight is 273 g/mol. The average Bonchev–Trinajstić information content (AvgIpc) is 2.71. The second kappa shape index (κ2) is 4.41. The van der Waals surface area contributed by atoms with Gasteiger partial charge in [-0.1, -0.05) is 29.3 Å². The zero-order valence-electron chi connectivity index (χ0n) is 7.91. The number of rotatable bonds is 2. The quantitative estimate of drug-likeness (QED) is 0.913. The number of nitrogens with two attached hydrogens (primary N) is 1. The van der Waals surface area contributed by atoms with Crippen molar-refractivity contribution in [3.05, 3.63) is 38.6 Å². The van der Waals surface area contributed by atoms with Gasteiger partial charge in [-0.3, -0.25) is 4.79 Å². The molecule has 0 fully saturated rings. The van der Waals surface area contributed by atoms with E-state index >= 15 is 0 Å². The molecule has 0 saturated carbocycles. The third-order valence-corrected chi connectivity index (χ3v) is 3.53. The topological polar surface area (TPSA) is 56.0 Å². The Morgan fingerprint density at radius 1 is 1.31 bits per heavy atom. The van der Waals surface area contributed by atoms with Crippen LogP contribution in [0.1, 0.15) is 9.80 Å². The second-order valence-corrected chi connectivity index (χ2v) is 4.70. The van der Waals surface area contributed by atoms with Crippen molar-refractivity contribution in [2.24, 2.45) is 5.73 Å². The minimum Gasteiger partial charge on any atom is -0.364 e. The number of nitrogens with zero attached hydrogens (tertiary/aromatic N) is 1. The Morgan fingerprint density at radius 2 is 2.06 bits per heavy atom. The molecule has 1 aromatic carbocycles. The van der Waals surface area contributed by atoms with Crippen LogP contribution in [0.3, 0.4) is 0 Å². The number of benzene rings is 1. The molecule has 1 heterocycles. The smallest absolute Gasteiger partial charge is 0.277 e. The van der Waals surface area contributed by atoms with Gasteiger partial charge < -0.3 is 5.73 Å². The van der Waals surface area contributed by atoms with Crippen LogP contribution >= 0.6 is 34.5 Å². The van der Waals surface area contributed by atoms with E-state index in [9.17, 15) is 4.79 Å². The molecule has 82 valence electrons. The maximum Gasteiger partial charge on any atom is 0.277 e. The zero-order valence-corrected chi connectivity index (χ0v) is 10.2. The molecule has 6 heteroatoms. The molecule has 0 unspecified atom stereocenters. The van der Waals surface area contributed by atoms with Gasteiger partial charge in [-0.25, -0.2) is 4.98 Å². The van der Waals surface area contributed by atoms with Gasteiger partial charge in [0.25, 0.3) is 5.91 Å². The summed E-state index contributed by atoms with van der Waals surface area (Å²) in [6.07, 6.45) is 0. The Bertz CT molecular complexity index is 554. The molecule has 2 N–H and O–H groups in total. The van der Waals surface area contributed by atoms with E-state index in [-0.39, 0.29) is 5.01 Å². The van der Waals surface area contributed by atoms with E-state index in [4.69, 9.17) is 28.9 Å². The molecule has 3 nitrogen and oxygen atoms in total. The van der Waals surface area contributed by atoms with Crippen molar-refractivity contribution < 1.29 is 4.79 Å². The highest BCUT2D eigenvalue weighted by Gasteiger charge is 2.09. The van der Waals surface area contributed by atoms with Gasteiger partial charge in [0.05, 0.1) is 15.7 Å². The molecule has 2 aromatic rings. The van der Waals surface area contributed by atoms with Crippen LogP contribution in [0.5, 0.6) is 0 Å². The number of thiazole rings is 1. The Morgan fingerprint density at radius 3 is 2.62 bits per heavy atom. The Balaban J connectivity index is 2.42. The highest BCUT2D eigenvalue weighted by molar-refractivity contribution is 7.12. The molecule has 0 bridgehead atoms. The first-order valence-corrected chi connectivity index (χ1v) is 5.92. The lowest BCUT2D eigenvalue weighted by Gasteiger charge is -1.99. The van der Waals surface area contributed by atoms with E-state index in [1.54, 1.807) is 23.6 Å². The molecular weight excluding hydrogens is 267 g/mol. The Labute approximate surface area is 106 Å². The lowest BCUT2D eigenvalue weighted by atomic mass is 10.2. The lowest BCUT2D eigenvalue weighted by Crippen LogP contribution is -2.10. The van der Waals surface area contributed by atoms with Gasteiger partial charge in [0.1, 0.15) is 0 Å². The van der Waals surface area contributed by atoms with Crippen LogP contribution in [-0.2, 0) is 0 Å². The maximum absolute atomic E-state index is 10.9.